The summed E-state index contributed by atoms with van der Waals surface area (Å²) < 4.78 is 16.1. The molecule has 2 aromatic carbocycles. The number of nitriles is 1. The normalized spacial score (nSPS) is 11.4. The predicted octanol–water partition coefficient (Wildman–Crippen LogP) is 7.28. The van der Waals surface area contributed by atoms with Crippen LogP contribution in [-0.4, -0.2) is 42.9 Å². The van der Waals surface area contributed by atoms with Crippen molar-refractivity contribution < 1.29 is 23.8 Å². The number of thiophene rings is 1. The van der Waals surface area contributed by atoms with Crippen LogP contribution in [0.2, 0.25) is 0 Å². The number of amides is 1. The summed E-state index contributed by atoms with van der Waals surface area (Å²) in [4.78, 5) is 31.8. The highest BCUT2D eigenvalue weighted by molar-refractivity contribution is 8.00. The molecule has 8 nitrogen and oxygen atoms in total. The molecule has 4 aromatic rings. The van der Waals surface area contributed by atoms with E-state index in [0.29, 0.717) is 43.9 Å². The van der Waals surface area contributed by atoms with Gasteiger partial charge in [0.1, 0.15) is 16.1 Å². The SMILES string of the molecule is CCOC(=O)c1c(NC(=O)[C@H](C)Sc2nc(-c3ccccc3)cc(-c3ccc(OC)c(OC)c3)c2C#N)sc(C)c1C. The average molecular weight is 602 g/mol. The van der Waals surface area contributed by atoms with Crippen LogP contribution >= 0.6 is 23.1 Å². The monoisotopic (exact) mass is 601 g/mol. The van der Waals surface area contributed by atoms with Crippen LogP contribution < -0.4 is 14.8 Å². The number of carbonyl (C=O) groups excluding carboxylic acids is 2. The van der Waals surface area contributed by atoms with Gasteiger partial charge in [-0.05, 0) is 57.0 Å². The molecule has 0 unspecified atom stereocenters. The first kappa shape index (κ1) is 30.6. The van der Waals surface area contributed by atoms with Gasteiger partial charge in [0, 0.05) is 16.0 Å². The molecule has 42 heavy (non-hydrogen) atoms. The van der Waals surface area contributed by atoms with Crippen LogP contribution in [-0.2, 0) is 9.53 Å². The fraction of sp³-hybridized carbons (Fsp3) is 0.250. The summed E-state index contributed by atoms with van der Waals surface area (Å²) in [7, 11) is 3.12. The van der Waals surface area contributed by atoms with Crippen molar-refractivity contribution in [3.05, 3.63) is 76.2 Å². The quantitative estimate of drug-likeness (QED) is 0.149. The maximum atomic E-state index is 13.4. The largest absolute Gasteiger partial charge is 0.493 e. The third kappa shape index (κ3) is 6.43. The zero-order valence-corrected chi connectivity index (χ0v) is 25.9. The smallest absolute Gasteiger partial charge is 0.341 e. The van der Waals surface area contributed by atoms with Crippen LogP contribution in [0.15, 0.2) is 59.6 Å². The molecule has 0 radical (unpaired) electrons. The van der Waals surface area contributed by atoms with Crippen molar-refractivity contribution in [1.29, 1.82) is 5.26 Å². The fourth-order valence-corrected chi connectivity index (χ4v) is 6.28. The van der Waals surface area contributed by atoms with Crippen LogP contribution in [0.1, 0.15) is 40.2 Å². The highest BCUT2D eigenvalue weighted by Gasteiger charge is 2.26. The van der Waals surface area contributed by atoms with Crippen LogP contribution in [0.25, 0.3) is 22.4 Å². The lowest BCUT2D eigenvalue weighted by molar-refractivity contribution is -0.115. The molecule has 0 spiro atoms. The van der Waals surface area contributed by atoms with E-state index in [1.54, 1.807) is 34.1 Å². The Balaban J connectivity index is 1.74. The Morgan fingerprint density at radius 1 is 1.05 bits per heavy atom. The first-order chi connectivity index (χ1) is 20.2. The van der Waals surface area contributed by atoms with E-state index < -0.39 is 11.2 Å². The summed E-state index contributed by atoms with van der Waals surface area (Å²) in [6.45, 7) is 7.44. The van der Waals surface area contributed by atoms with Gasteiger partial charge in [0.2, 0.25) is 5.91 Å². The Labute approximate surface area is 253 Å². The lowest BCUT2D eigenvalue weighted by Gasteiger charge is -2.17. The Morgan fingerprint density at radius 3 is 2.40 bits per heavy atom. The molecular weight excluding hydrogens is 571 g/mol. The number of hydrogen-bond donors (Lipinski definition) is 1. The predicted molar refractivity (Wildman–Crippen MR) is 167 cm³/mol. The number of benzene rings is 2. The Morgan fingerprint density at radius 2 is 1.76 bits per heavy atom. The number of thioether (sulfide) groups is 1. The van der Waals surface area contributed by atoms with Gasteiger partial charge in [0.25, 0.3) is 0 Å². The number of esters is 1. The minimum atomic E-state index is -0.647. The number of rotatable bonds is 10. The molecule has 1 N–H and O–H groups in total. The lowest BCUT2D eigenvalue weighted by Crippen LogP contribution is -2.23. The summed E-state index contributed by atoms with van der Waals surface area (Å²) in [6.07, 6.45) is 0. The van der Waals surface area contributed by atoms with Gasteiger partial charge in [-0.25, -0.2) is 9.78 Å². The summed E-state index contributed by atoms with van der Waals surface area (Å²) >= 11 is 2.51. The standard InChI is InChI=1S/C32H31N3O5S2/c1-7-40-32(37)28-18(2)19(3)41-31(28)35-29(36)20(4)42-30-24(17-33)23(16-25(34-30)21-11-9-8-10-12-21)22-13-14-26(38-5)27(15-22)39-6/h8-16,20H,7H2,1-6H3,(H,35,36)/t20-/m0/s1. The molecule has 0 fully saturated rings. The number of aryl methyl sites for hydroxylation is 1. The molecule has 0 bridgehead atoms. The molecule has 0 saturated heterocycles. The second-order valence-electron chi connectivity index (χ2n) is 9.24. The zero-order chi connectivity index (χ0) is 30.4. The summed E-state index contributed by atoms with van der Waals surface area (Å²) in [6, 6.07) is 19.3. The first-order valence-corrected chi connectivity index (χ1v) is 14.9. The van der Waals surface area contributed by atoms with Crippen LogP contribution in [0.5, 0.6) is 11.5 Å². The molecule has 2 aromatic heterocycles. The molecule has 1 amide bonds. The number of aromatic nitrogens is 1. The van der Waals surface area contributed by atoms with Crippen molar-refractivity contribution >= 4 is 40.0 Å². The Kier molecular flexibility index (Phi) is 9.88. The highest BCUT2D eigenvalue weighted by atomic mass is 32.2. The molecule has 0 aliphatic rings. The minimum Gasteiger partial charge on any atom is -0.493 e. The average Bonchev–Trinajstić information content (AvgIpc) is 3.28. The van der Waals surface area contributed by atoms with E-state index in [9.17, 15) is 14.9 Å². The number of pyridine rings is 1. The molecule has 1 atom stereocenters. The zero-order valence-electron chi connectivity index (χ0n) is 24.2. The van der Waals surface area contributed by atoms with Crippen LogP contribution in [0.3, 0.4) is 0 Å². The van der Waals surface area contributed by atoms with Crippen molar-refractivity contribution in [2.75, 3.05) is 26.1 Å². The summed E-state index contributed by atoms with van der Waals surface area (Å²) in [5.41, 5.74) is 4.39. The van der Waals surface area contributed by atoms with Gasteiger partial charge in [-0.1, -0.05) is 48.2 Å². The van der Waals surface area contributed by atoms with E-state index in [-0.39, 0.29) is 12.5 Å². The third-order valence-corrected chi connectivity index (χ3v) is 8.83. The molecule has 10 heteroatoms. The molecular formula is C32H31N3O5S2. The molecule has 2 heterocycles. The van der Waals surface area contributed by atoms with Gasteiger partial charge in [-0.15, -0.1) is 11.3 Å². The number of hydrogen-bond acceptors (Lipinski definition) is 9. The fourth-order valence-electron chi connectivity index (χ4n) is 4.30. The lowest BCUT2D eigenvalue weighted by atomic mass is 9.99. The van der Waals surface area contributed by atoms with E-state index >= 15 is 0 Å². The van der Waals surface area contributed by atoms with Crippen molar-refractivity contribution in [1.82, 2.24) is 4.98 Å². The molecule has 0 aliphatic heterocycles. The van der Waals surface area contributed by atoms with Crippen molar-refractivity contribution in [2.45, 2.75) is 38.0 Å². The maximum absolute atomic E-state index is 13.4. The number of ether oxygens (including phenoxy) is 3. The number of anilines is 1. The van der Waals surface area contributed by atoms with E-state index in [2.05, 4.69) is 11.4 Å². The molecule has 0 saturated carbocycles. The highest BCUT2D eigenvalue weighted by Crippen LogP contribution is 2.39. The molecule has 0 aliphatic carbocycles. The number of nitrogens with zero attached hydrogens (tertiary/aromatic N) is 2. The van der Waals surface area contributed by atoms with Crippen molar-refractivity contribution in [3.63, 3.8) is 0 Å². The number of nitrogens with one attached hydrogen (secondary N) is 1. The van der Waals surface area contributed by atoms with Gasteiger partial charge in [0.15, 0.2) is 11.5 Å². The van der Waals surface area contributed by atoms with E-state index in [0.717, 1.165) is 21.6 Å². The van der Waals surface area contributed by atoms with Crippen molar-refractivity contribution in [2.24, 2.45) is 0 Å². The number of methoxy groups -OCH3 is 2. The topological polar surface area (TPSA) is 111 Å². The van der Waals surface area contributed by atoms with E-state index in [4.69, 9.17) is 19.2 Å². The van der Waals surface area contributed by atoms with Gasteiger partial charge in [-0.3, -0.25) is 4.79 Å². The Hall–Kier alpha value is -4.33. The second-order valence-corrected chi connectivity index (χ2v) is 11.8. The van der Waals surface area contributed by atoms with Crippen LogP contribution in [0.4, 0.5) is 5.00 Å². The van der Waals surface area contributed by atoms with Gasteiger partial charge < -0.3 is 19.5 Å². The van der Waals surface area contributed by atoms with E-state index in [1.165, 1.54) is 23.1 Å². The van der Waals surface area contributed by atoms with Crippen molar-refractivity contribution in [3.8, 4) is 40.0 Å². The maximum Gasteiger partial charge on any atom is 0.341 e. The molecule has 4 rings (SSSR count). The summed E-state index contributed by atoms with van der Waals surface area (Å²) in [5, 5.41) is 13.4. The van der Waals surface area contributed by atoms with Crippen LogP contribution in [0, 0.1) is 25.2 Å². The van der Waals surface area contributed by atoms with E-state index in [1.807, 2.05) is 62.4 Å². The molecule has 216 valence electrons. The summed E-state index contributed by atoms with van der Waals surface area (Å²) in [5.74, 6) is 0.296. The van der Waals surface area contributed by atoms with Gasteiger partial charge in [-0.2, -0.15) is 5.26 Å². The van der Waals surface area contributed by atoms with Gasteiger partial charge >= 0.3 is 5.97 Å². The van der Waals surface area contributed by atoms with Gasteiger partial charge in [0.05, 0.1) is 42.9 Å². The minimum absolute atomic E-state index is 0.232. The third-order valence-electron chi connectivity index (χ3n) is 6.62. The number of carbonyl (C=O) groups is 2. The first-order valence-electron chi connectivity index (χ1n) is 13.2. The second kappa shape index (κ2) is 13.6. The Bertz CT molecular complexity index is 1660.